The molecule has 0 aliphatic carbocycles. The number of rotatable bonds is 5. The summed E-state index contributed by atoms with van der Waals surface area (Å²) in [7, 11) is 0. The van der Waals surface area contributed by atoms with Gasteiger partial charge in [-0.1, -0.05) is 23.7 Å². The van der Waals surface area contributed by atoms with Crippen molar-refractivity contribution in [3.63, 3.8) is 0 Å². The molecule has 2 aromatic carbocycles. The Balaban J connectivity index is 0.00000320. The lowest BCUT2D eigenvalue weighted by Crippen LogP contribution is -2.18. The lowest BCUT2D eigenvalue weighted by atomic mass is 9.89. The molecular weight excluding hydrogens is 455 g/mol. The first-order valence-electron chi connectivity index (χ1n) is 8.86. The first kappa shape index (κ1) is 24.8. The molecule has 3 rings (SSSR count). The third-order valence-corrected chi connectivity index (χ3v) is 5.14. The summed E-state index contributed by atoms with van der Waals surface area (Å²) in [5, 5.41) is 3.84. The van der Waals surface area contributed by atoms with E-state index in [-0.39, 0.29) is 49.1 Å². The lowest BCUT2D eigenvalue weighted by molar-refractivity contribution is -0.143. The van der Waals surface area contributed by atoms with Gasteiger partial charge in [-0.3, -0.25) is 0 Å². The molecule has 10 heteroatoms. The molecule has 1 aliphatic heterocycles. The van der Waals surface area contributed by atoms with Crippen molar-refractivity contribution in [1.29, 1.82) is 0 Å². The average molecular weight is 474 g/mol. The molecule has 1 heterocycles. The van der Waals surface area contributed by atoms with E-state index in [1.807, 2.05) is 12.1 Å². The molecular formula is C20H19Cl2F6NO. The maximum absolute atomic E-state index is 12.9. The second-order valence-electron chi connectivity index (χ2n) is 7.01. The van der Waals surface area contributed by atoms with Crippen molar-refractivity contribution in [3.8, 4) is 0 Å². The molecule has 0 radical (unpaired) electrons. The Hall–Kier alpha value is -1.48. The highest BCUT2D eigenvalue weighted by molar-refractivity contribution is 6.30. The summed E-state index contributed by atoms with van der Waals surface area (Å²) in [6.45, 7) is 1.22. The monoisotopic (exact) mass is 473 g/mol. The topological polar surface area (TPSA) is 21.3 Å². The Bertz CT molecular complexity index is 806. The molecule has 30 heavy (non-hydrogen) atoms. The Morgan fingerprint density at radius 3 is 2.00 bits per heavy atom. The van der Waals surface area contributed by atoms with Crippen LogP contribution in [0.3, 0.4) is 0 Å². The van der Waals surface area contributed by atoms with Crippen LogP contribution in [0.1, 0.15) is 28.2 Å². The fourth-order valence-electron chi connectivity index (χ4n) is 3.44. The van der Waals surface area contributed by atoms with Gasteiger partial charge in [-0.2, -0.15) is 26.3 Å². The summed E-state index contributed by atoms with van der Waals surface area (Å²) in [5.41, 5.74) is -1.80. The van der Waals surface area contributed by atoms with E-state index < -0.39 is 23.5 Å². The van der Waals surface area contributed by atoms with Crippen molar-refractivity contribution >= 4 is 24.0 Å². The van der Waals surface area contributed by atoms with Gasteiger partial charge in [0.15, 0.2) is 0 Å². The summed E-state index contributed by atoms with van der Waals surface area (Å²) in [5.74, 6) is 0.170. The van der Waals surface area contributed by atoms with Crippen molar-refractivity contribution in [2.45, 2.75) is 24.9 Å². The Morgan fingerprint density at radius 1 is 0.900 bits per heavy atom. The second kappa shape index (κ2) is 9.77. The summed E-state index contributed by atoms with van der Waals surface area (Å²) in [6.07, 6.45) is -9.74. The first-order valence-corrected chi connectivity index (χ1v) is 9.24. The Labute approximate surface area is 181 Å². The molecule has 0 aromatic heterocycles. The van der Waals surface area contributed by atoms with Crippen molar-refractivity contribution in [2.24, 2.45) is 5.92 Å². The smallest absolute Gasteiger partial charge is 0.376 e. The molecule has 2 aromatic rings. The molecule has 2 unspecified atom stereocenters. The molecule has 2 nitrogen and oxygen atoms in total. The summed E-state index contributed by atoms with van der Waals surface area (Å²) in [6, 6.07) is 8.84. The molecule has 1 aliphatic rings. The maximum Gasteiger partial charge on any atom is 0.416 e. The van der Waals surface area contributed by atoms with Crippen molar-refractivity contribution in [1.82, 2.24) is 5.32 Å². The van der Waals surface area contributed by atoms with Gasteiger partial charge in [0, 0.05) is 29.9 Å². The van der Waals surface area contributed by atoms with E-state index in [0.29, 0.717) is 30.2 Å². The molecule has 0 amide bonds. The standard InChI is InChI=1S/C20H18ClF6NO.ClH/c21-17-3-1-13(2-4-17)18-9-28-8-14(18)11-29-10-12-5-15(19(22,23)24)7-16(6-12)20(25,26)27;/h1-7,14,18,28H,8-11H2;1H. The summed E-state index contributed by atoms with van der Waals surface area (Å²) < 4.78 is 83.2. The van der Waals surface area contributed by atoms with Gasteiger partial charge in [-0.05, 0) is 41.5 Å². The minimum Gasteiger partial charge on any atom is -0.376 e. The van der Waals surface area contributed by atoms with Crippen LogP contribution in [0.4, 0.5) is 26.3 Å². The van der Waals surface area contributed by atoms with Crippen LogP contribution in [-0.2, 0) is 23.7 Å². The number of hydrogen-bond acceptors (Lipinski definition) is 2. The molecule has 0 bridgehead atoms. The zero-order valence-corrected chi connectivity index (χ0v) is 17.1. The van der Waals surface area contributed by atoms with Crippen LogP contribution in [-0.4, -0.2) is 19.7 Å². The summed E-state index contributed by atoms with van der Waals surface area (Å²) in [4.78, 5) is 0. The van der Waals surface area contributed by atoms with Gasteiger partial charge in [-0.15, -0.1) is 12.4 Å². The molecule has 1 saturated heterocycles. The fraction of sp³-hybridized carbons (Fsp3) is 0.400. The minimum atomic E-state index is -4.87. The van der Waals surface area contributed by atoms with Crippen LogP contribution >= 0.6 is 24.0 Å². The van der Waals surface area contributed by atoms with Gasteiger partial charge in [-0.25, -0.2) is 0 Å². The van der Waals surface area contributed by atoms with E-state index in [1.54, 1.807) is 12.1 Å². The largest absolute Gasteiger partial charge is 0.416 e. The van der Waals surface area contributed by atoms with E-state index in [0.717, 1.165) is 5.56 Å². The number of nitrogens with one attached hydrogen (secondary N) is 1. The van der Waals surface area contributed by atoms with Crippen LogP contribution in [0.2, 0.25) is 5.02 Å². The minimum absolute atomic E-state index is 0. The molecule has 2 atom stereocenters. The number of alkyl halides is 6. The highest BCUT2D eigenvalue weighted by Gasteiger charge is 2.37. The van der Waals surface area contributed by atoms with Gasteiger partial charge in [0.25, 0.3) is 0 Å². The van der Waals surface area contributed by atoms with Gasteiger partial charge < -0.3 is 10.1 Å². The Morgan fingerprint density at radius 2 is 1.47 bits per heavy atom. The highest BCUT2D eigenvalue weighted by atomic mass is 35.5. The van der Waals surface area contributed by atoms with Gasteiger partial charge in [0.1, 0.15) is 0 Å². The zero-order chi connectivity index (χ0) is 21.2. The maximum atomic E-state index is 12.9. The van der Waals surface area contributed by atoms with E-state index >= 15 is 0 Å². The molecule has 0 saturated carbocycles. The van der Waals surface area contributed by atoms with E-state index in [9.17, 15) is 26.3 Å². The van der Waals surface area contributed by atoms with Crippen molar-refractivity contribution < 1.29 is 31.1 Å². The molecule has 1 N–H and O–H groups in total. The highest BCUT2D eigenvalue weighted by Crippen LogP contribution is 2.36. The van der Waals surface area contributed by atoms with Gasteiger partial charge in [0.2, 0.25) is 0 Å². The number of benzene rings is 2. The SMILES string of the molecule is Cl.FC(F)(F)c1cc(COCC2CNCC2c2ccc(Cl)cc2)cc(C(F)(F)F)c1. The van der Waals surface area contributed by atoms with Crippen LogP contribution < -0.4 is 5.32 Å². The van der Waals surface area contributed by atoms with Gasteiger partial charge in [0.05, 0.1) is 24.3 Å². The average Bonchev–Trinajstić information content (AvgIpc) is 3.09. The number of halogens is 8. The number of hydrogen-bond donors (Lipinski definition) is 1. The van der Waals surface area contributed by atoms with E-state index in [4.69, 9.17) is 16.3 Å². The lowest BCUT2D eigenvalue weighted by Gasteiger charge is -2.20. The molecule has 1 fully saturated rings. The predicted molar refractivity (Wildman–Crippen MR) is 104 cm³/mol. The quantitative estimate of drug-likeness (QED) is 0.513. The Kier molecular flexibility index (Phi) is 8.07. The zero-order valence-electron chi connectivity index (χ0n) is 15.5. The van der Waals surface area contributed by atoms with Crippen LogP contribution in [0.5, 0.6) is 0 Å². The van der Waals surface area contributed by atoms with Crippen LogP contribution in [0, 0.1) is 5.92 Å². The number of ether oxygens (including phenoxy) is 1. The van der Waals surface area contributed by atoms with E-state index in [1.165, 1.54) is 0 Å². The normalized spacial score (nSPS) is 19.6. The van der Waals surface area contributed by atoms with E-state index in [2.05, 4.69) is 5.32 Å². The molecule has 0 spiro atoms. The van der Waals surface area contributed by atoms with Crippen molar-refractivity contribution in [3.05, 3.63) is 69.7 Å². The third-order valence-electron chi connectivity index (χ3n) is 4.89. The molecule has 166 valence electrons. The van der Waals surface area contributed by atoms with Crippen LogP contribution in [0.25, 0.3) is 0 Å². The third kappa shape index (κ3) is 6.26. The summed E-state index contributed by atoms with van der Waals surface area (Å²) >= 11 is 5.90. The fourth-order valence-corrected chi connectivity index (χ4v) is 3.57. The second-order valence-corrected chi connectivity index (χ2v) is 7.44. The predicted octanol–water partition coefficient (Wildman–Crippen LogP) is 6.32. The van der Waals surface area contributed by atoms with Crippen LogP contribution in [0.15, 0.2) is 42.5 Å². The van der Waals surface area contributed by atoms with Crippen molar-refractivity contribution in [2.75, 3.05) is 19.7 Å². The first-order chi connectivity index (χ1) is 13.5. The van der Waals surface area contributed by atoms with Gasteiger partial charge >= 0.3 is 12.4 Å².